The Morgan fingerprint density at radius 1 is 1.23 bits per heavy atom. The fourth-order valence-electron chi connectivity index (χ4n) is 5.30. The molecule has 2 aliphatic rings. The van der Waals surface area contributed by atoms with Crippen LogP contribution in [-0.2, 0) is 17.8 Å². The van der Waals surface area contributed by atoms with Gasteiger partial charge in [0.1, 0.15) is 6.04 Å². The molecule has 2 aliphatic heterocycles. The third-order valence-corrected chi connectivity index (χ3v) is 8.21. The van der Waals surface area contributed by atoms with E-state index in [2.05, 4.69) is 25.8 Å². The van der Waals surface area contributed by atoms with E-state index < -0.39 is 24.0 Å². The monoisotopic (exact) mass is 626 g/mol. The van der Waals surface area contributed by atoms with Gasteiger partial charge in [0, 0.05) is 37.1 Å². The van der Waals surface area contributed by atoms with Crippen LogP contribution in [0.4, 0.5) is 0 Å². The van der Waals surface area contributed by atoms with E-state index in [1.54, 1.807) is 40.4 Å². The Kier molecular flexibility index (Phi) is 9.00. The SMILES string of the molecule is N#CNC(=NC[C@H](NC(=O)c1c(Cl)cc2c(c1Cl)CCN(C(=O)c1ccc3cn[nH]c3c1)C2)C(=O)O)N1CCC[C@@H](O)C1. The standard InChI is InChI=1S/C28H28Cl2N8O5/c29-20-8-17-12-37(26(41)15-3-4-16-10-34-36-21(16)9-15)7-5-19(17)24(30)23(20)25(40)35-22(27(42)43)11-32-28(33-14-31)38-6-1-2-18(39)13-38/h3-4,8-10,18,22,39H,1-2,5-7,11-13H2,(H,32,33)(H,34,36)(H,35,40)(H,42,43)/t18-,22+/m1/s1. The maximum absolute atomic E-state index is 13.3. The molecular formula is C28H28Cl2N8O5. The van der Waals surface area contributed by atoms with Crippen molar-refractivity contribution in [2.75, 3.05) is 26.2 Å². The summed E-state index contributed by atoms with van der Waals surface area (Å²) >= 11 is 13.2. The number of nitrogens with one attached hydrogen (secondary N) is 3. The number of benzene rings is 2. The normalized spacial score (nSPS) is 17.6. The van der Waals surface area contributed by atoms with Crippen LogP contribution in [0.2, 0.25) is 10.0 Å². The molecule has 0 spiro atoms. The highest BCUT2D eigenvalue weighted by Gasteiger charge is 2.30. The van der Waals surface area contributed by atoms with E-state index in [1.807, 2.05) is 6.07 Å². The molecule has 15 heteroatoms. The van der Waals surface area contributed by atoms with Crippen molar-refractivity contribution in [2.45, 2.75) is 38.0 Å². The number of aromatic amines is 1. The molecule has 43 heavy (non-hydrogen) atoms. The Morgan fingerprint density at radius 2 is 2.05 bits per heavy atom. The Hall–Kier alpha value is -4.38. The third-order valence-electron chi connectivity index (χ3n) is 7.50. The summed E-state index contributed by atoms with van der Waals surface area (Å²) in [7, 11) is 0. The van der Waals surface area contributed by atoms with E-state index in [0.29, 0.717) is 49.0 Å². The third kappa shape index (κ3) is 6.51. The van der Waals surface area contributed by atoms with Gasteiger partial charge in [0.2, 0.25) is 5.96 Å². The Balaban J connectivity index is 1.31. The molecule has 224 valence electrons. The number of rotatable bonds is 6. The molecular weight excluding hydrogens is 599 g/mol. The van der Waals surface area contributed by atoms with Crippen molar-refractivity contribution in [3.63, 3.8) is 0 Å². The average molecular weight is 627 g/mol. The first-order valence-corrected chi connectivity index (χ1v) is 14.3. The van der Waals surface area contributed by atoms with Gasteiger partial charge in [-0.15, -0.1) is 0 Å². The topological polar surface area (TPSA) is 187 Å². The summed E-state index contributed by atoms with van der Waals surface area (Å²) in [5, 5.41) is 41.5. The summed E-state index contributed by atoms with van der Waals surface area (Å²) < 4.78 is 0. The van der Waals surface area contributed by atoms with E-state index in [-0.39, 0.29) is 47.1 Å². The van der Waals surface area contributed by atoms with Crippen LogP contribution in [0.3, 0.4) is 0 Å². The molecule has 1 aromatic heterocycles. The second-order valence-electron chi connectivity index (χ2n) is 10.3. The predicted molar refractivity (Wildman–Crippen MR) is 158 cm³/mol. The molecule has 0 bridgehead atoms. The zero-order valence-electron chi connectivity index (χ0n) is 22.8. The smallest absolute Gasteiger partial charge is 0.328 e. The number of carboxylic acid groups (broad SMARTS) is 1. The van der Waals surface area contributed by atoms with Gasteiger partial charge < -0.3 is 25.3 Å². The number of hydrogen-bond donors (Lipinski definition) is 5. The molecule has 2 aromatic carbocycles. The molecule has 1 fully saturated rings. The average Bonchev–Trinajstić information content (AvgIpc) is 3.46. The lowest BCUT2D eigenvalue weighted by molar-refractivity contribution is -0.138. The first kappa shape index (κ1) is 30.1. The van der Waals surface area contributed by atoms with E-state index in [0.717, 1.165) is 10.9 Å². The first-order chi connectivity index (χ1) is 20.7. The maximum atomic E-state index is 13.3. The van der Waals surface area contributed by atoms with E-state index >= 15 is 0 Å². The molecule has 0 aliphatic carbocycles. The molecule has 5 rings (SSSR count). The number of carboxylic acids is 1. The van der Waals surface area contributed by atoms with Crippen LogP contribution in [0.25, 0.3) is 10.9 Å². The minimum Gasteiger partial charge on any atom is -0.480 e. The summed E-state index contributed by atoms with van der Waals surface area (Å²) in [6.07, 6.45) is 4.50. The van der Waals surface area contributed by atoms with Crippen molar-refractivity contribution >= 4 is 57.8 Å². The van der Waals surface area contributed by atoms with Crippen LogP contribution in [0.5, 0.6) is 0 Å². The number of hydrogen-bond acceptors (Lipinski definition) is 7. The molecule has 3 heterocycles. The zero-order valence-corrected chi connectivity index (χ0v) is 24.3. The van der Waals surface area contributed by atoms with Gasteiger partial charge in [-0.3, -0.25) is 20.0 Å². The number of amides is 2. The van der Waals surface area contributed by atoms with E-state index in [9.17, 15) is 24.6 Å². The number of halogens is 2. The second-order valence-corrected chi connectivity index (χ2v) is 11.1. The lowest BCUT2D eigenvalue weighted by atomic mass is 9.96. The number of aliphatic hydroxyl groups excluding tert-OH is 1. The summed E-state index contributed by atoms with van der Waals surface area (Å²) in [4.78, 5) is 46.0. The zero-order chi connectivity index (χ0) is 30.7. The van der Waals surface area contributed by atoms with Gasteiger partial charge in [-0.2, -0.15) is 10.4 Å². The molecule has 0 radical (unpaired) electrons. The van der Waals surface area contributed by atoms with E-state index in [1.165, 1.54) is 0 Å². The summed E-state index contributed by atoms with van der Waals surface area (Å²) in [6, 6.07) is 5.41. The quantitative estimate of drug-likeness (QED) is 0.118. The van der Waals surface area contributed by atoms with Crippen molar-refractivity contribution in [1.29, 1.82) is 5.26 Å². The number of H-pyrrole nitrogens is 1. The van der Waals surface area contributed by atoms with Crippen LogP contribution in [0.1, 0.15) is 44.7 Å². The second kappa shape index (κ2) is 12.9. The van der Waals surface area contributed by atoms with Gasteiger partial charge in [-0.25, -0.2) is 9.79 Å². The molecule has 0 unspecified atom stereocenters. The van der Waals surface area contributed by atoms with Crippen LogP contribution in [-0.4, -0.2) is 92.3 Å². The van der Waals surface area contributed by atoms with Gasteiger partial charge >= 0.3 is 5.97 Å². The van der Waals surface area contributed by atoms with Crippen LogP contribution >= 0.6 is 23.2 Å². The number of aliphatic imine (C=N–C) groups is 1. The van der Waals surface area contributed by atoms with Crippen molar-refractivity contribution in [1.82, 2.24) is 30.6 Å². The number of likely N-dealkylation sites (tertiary alicyclic amines) is 1. The molecule has 2 atom stereocenters. The minimum atomic E-state index is -1.46. The summed E-state index contributed by atoms with van der Waals surface area (Å²) in [5.74, 6) is -2.21. The number of β-amino-alcohol motifs (C(OH)–C–C–N with tert-alkyl or cyclic N) is 1. The van der Waals surface area contributed by atoms with Crippen molar-refractivity contribution in [3.05, 3.63) is 62.8 Å². The maximum Gasteiger partial charge on any atom is 0.328 e. The predicted octanol–water partition coefficient (Wildman–Crippen LogP) is 2.13. The molecule has 3 aromatic rings. The van der Waals surface area contributed by atoms with Crippen LogP contribution in [0.15, 0.2) is 35.5 Å². The lowest BCUT2D eigenvalue weighted by Crippen LogP contribution is -2.48. The summed E-state index contributed by atoms with van der Waals surface area (Å²) in [6.45, 7) is 0.946. The minimum absolute atomic E-state index is 0.0104. The number of aliphatic hydroxyl groups is 1. The Morgan fingerprint density at radius 3 is 2.79 bits per heavy atom. The van der Waals surface area contributed by atoms with Gasteiger partial charge in [0.25, 0.3) is 11.8 Å². The Labute approximate surface area is 256 Å². The van der Waals surface area contributed by atoms with Crippen molar-refractivity contribution in [2.24, 2.45) is 4.99 Å². The molecule has 5 N–H and O–H groups in total. The van der Waals surface area contributed by atoms with Gasteiger partial charge in [0.05, 0.1) is 40.0 Å². The number of nitrogens with zero attached hydrogens (tertiary/aromatic N) is 5. The molecule has 0 saturated carbocycles. The highest BCUT2D eigenvalue weighted by Crippen LogP contribution is 2.35. The van der Waals surface area contributed by atoms with E-state index in [4.69, 9.17) is 28.5 Å². The van der Waals surface area contributed by atoms with Gasteiger partial charge in [-0.05, 0) is 48.6 Å². The lowest BCUT2D eigenvalue weighted by Gasteiger charge is -2.32. The number of aliphatic carboxylic acids is 1. The number of guanidine groups is 1. The highest BCUT2D eigenvalue weighted by atomic mass is 35.5. The number of piperidine rings is 1. The number of aromatic nitrogens is 2. The van der Waals surface area contributed by atoms with Crippen molar-refractivity contribution in [3.8, 4) is 6.19 Å². The largest absolute Gasteiger partial charge is 0.480 e. The fraction of sp³-hybridized carbons (Fsp3) is 0.357. The first-order valence-electron chi connectivity index (χ1n) is 13.5. The van der Waals surface area contributed by atoms with Gasteiger partial charge in [-0.1, -0.05) is 29.3 Å². The molecule has 2 amide bonds. The highest BCUT2D eigenvalue weighted by molar-refractivity contribution is 6.40. The van der Waals surface area contributed by atoms with Crippen LogP contribution in [0, 0.1) is 11.5 Å². The van der Waals surface area contributed by atoms with Gasteiger partial charge in [0.15, 0.2) is 6.19 Å². The fourth-order valence-corrected chi connectivity index (χ4v) is 6.06. The molecule has 1 saturated heterocycles. The number of fused-ring (bicyclic) bond motifs is 2. The molecule has 13 nitrogen and oxygen atoms in total. The number of carbonyl (C=O) groups is 3. The van der Waals surface area contributed by atoms with Crippen LogP contribution < -0.4 is 10.6 Å². The Bertz CT molecular complexity index is 1650. The number of carbonyl (C=O) groups excluding carboxylic acids is 2. The number of nitriles is 1. The van der Waals surface area contributed by atoms with Crippen molar-refractivity contribution < 1.29 is 24.6 Å². The summed E-state index contributed by atoms with van der Waals surface area (Å²) in [5.41, 5.74) is 2.51.